The fraction of sp³-hybridized carbons (Fsp3) is 0.235. The quantitative estimate of drug-likeness (QED) is 0.806. The van der Waals surface area contributed by atoms with Gasteiger partial charge in [0.1, 0.15) is 6.26 Å². The highest BCUT2D eigenvalue weighted by Crippen LogP contribution is 2.46. The summed E-state index contributed by atoms with van der Waals surface area (Å²) in [6, 6.07) is 7.93. The van der Waals surface area contributed by atoms with E-state index in [1.54, 1.807) is 12.5 Å². The molecule has 1 aromatic heterocycles. The molecule has 4 rings (SSSR count). The van der Waals surface area contributed by atoms with E-state index >= 15 is 0 Å². The molecule has 0 spiro atoms. The van der Waals surface area contributed by atoms with Gasteiger partial charge in [0, 0.05) is 17.5 Å². The Kier molecular flexibility index (Phi) is 4.30. The van der Waals surface area contributed by atoms with Crippen LogP contribution in [0.3, 0.4) is 0 Å². The Labute approximate surface area is 152 Å². The third-order valence-electron chi connectivity index (χ3n) is 4.01. The van der Waals surface area contributed by atoms with Gasteiger partial charge in [0.2, 0.25) is 5.91 Å². The summed E-state index contributed by atoms with van der Waals surface area (Å²) in [7, 11) is 0. The number of benzene rings is 1. The summed E-state index contributed by atoms with van der Waals surface area (Å²) < 4.78 is 5.01. The monoisotopic (exact) mass is 374 g/mol. The molecule has 1 unspecified atom stereocenters. The summed E-state index contributed by atoms with van der Waals surface area (Å²) in [6.07, 6.45) is 5.75. The lowest BCUT2D eigenvalue weighted by Gasteiger charge is -2.43. The van der Waals surface area contributed by atoms with Gasteiger partial charge in [0.25, 0.3) is 0 Å². The molecule has 0 bridgehead atoms. The van der Waals surface area contributed by atoms with Crippen molar-refractivity contribution in [2.75, 3.05) is 0 Å². The van der Waals surface area contributed by atoms with Crippen molar-refractivity contribution in [3.63, 3.8) is 0 Å². The minimum Gasteiger partial charge on any atom is -0.478 e. The molecule has 1 amide bonds. The molecular formula is C17H14N2O4S2. The van der Waals surface area contributed by atoms with Gasteiger partial charge >= 0.3 is 5.97 Å². The molecule has 1 N–H and O–H groups in total. The number of nitrogens with zero attached hydrogens (tertiary/aromatic N) is 2. The first-order valence-electron chi connectivity index (χ1n) is 7.66. The average molecular weight is 374 g/mol. The first kappa shape index (κ1) is 16.3. The van der Waals surface area contributed by atoms with Crippen LogP contribution in [0.4, 0.5) is 0 Å². The van der Waals surface area contributed by atoms with Crippen molar-refractivity contribution in [2.45, 2.75) is 27.7 Å². The first-order chi connectivity index (χ1) is 12.1. The smallest absolute Gasteiger partial charge is 0.335 e. The number of amides is 1. The fourth-order valence-corrected chi connectivity index (χ4v) is 5.58. The maximum absolute atomic E-state index is 11.5. The molecule has 8 heteroatoms. The second-order valence-corrected chi connectivity index (χ2v) is 8.45. The second-order valence-electron chi connectivity index (χ2n) is 5.68. The first-order valence-corrected chi connectivity index (χ1v) is 9.48. The Morgan fingerprint density at radius 3 is 2.84 bits per heavy atom. The van der Waals surface area contributed by atoms with Crippen molar-refractivity contribution in [1.29, 1.82) is 0 Å². The van der Waals surface area contributed by atoms with E-state index in [-0.39, 0.29) is 21.4 Å². The number of hydrogen-bond acceptors (Lipinski definition) is 6. The van der Waals surface area contributed by atoms with E-state index in [4.69, 9.17) is 4.42 Å². The minimum atomic E-state index is -0.983. The molecule has 2 aromatic rings. The van der Waals surface area contributed by atoms with Crippen molar-refractivity contribution in [1.82, 2.24) is 9.88 Å². The van der Waals surface area contributed by atoms with Crippen LogP contribution in [0.1, 0.15) is 17.9 Å². The zero-order valence-corrected chi connectivity index (χ0v) is 14.6. The van der Waals surface area contributed by atoms with E-state index < -0.39 is 5.97 Å². The van der Waals surface area contributed by atoms with Gasteiger partial charge in [-0.15, -0.1) is 23.5 Å². The van der Waals surface area contributed by atoms with Crippen LogP contribution in [0.15, 0.2) is 57.8 Å². The molecule has 0 aliphatic carbocycles. The van der Waals surface area contributed by atoms with Gasteiger partial charge in [-0.3, -0.25) is 4.79 Å². The maximum atomic E-state index is 11.5. The van der Waals surface area contributed by atoms with Crippen LogP contribution >= 0.6 is 23.5 Å². The van der Waals surface area contributed by atoms with Crippen LogP contribution in [0.2, 0.25) is 0 Å². The van der Waals surface area contributed by atoms with E-state index in [2.05, 4.69) is 4.98 Å². The second kappa shape index (κ2) is 6.61. The van der Waals surface area contributed by atoms with Crippen LogP contribution in [0, 0.1) is 0 Å². The maximum Gasteiger partial charge on any atom is 0.335 e. The fourth-order valence-electron chi connectivity index (χ4n) is 2.67. The molecule has 0 saturated carbocycles. The van der Waals surface area contributed by atoms with Crippen LogP contribution in [-0.4, -0.2) is 36.8 Å². The number of carbonyl (C=O) groups is 2. The number of thioether (sulfide) groups is 2. The normalized spacial score (nSPS) is 22.2. The molecule has 1 aromatic carbocycles. The van der Waals surface area contributed by atoms with Crippen molar-refractivity contribution in [3.8, 4) is 0 Å². The number of β-lactam (4-membered cyclic amide) rings is 1. The van der Waals surface area contributed by atoms with Gasteiger partial charge in [-0.25, -0.2) is 9.78 Å². The Balaban J connectivity index is 1.47. The predicted molar refractivity (Wildman–Crippen MR) is 94.0 cm³/mol. The molecule has 3 heterocycles. The van der Waals surface area contributed by atoms with Gasteiger partial charge in [0.15, 0.2) is 5.89 Å². The third kappa shape index (κ3) is 3.32. The molecule has 2 aliphatic rings. The number of aromatic nitrogens is 1. The highest BCUT2D eigenvalue weighted by molar-refractivity contribution is 8.17. The zero-order valence-electron chi connectivity index (χ0n) is 13.0. The van der Waals surface area contributed by atoms with Crippen molar-refractivity contribution < 1.29 is 19.1 Å². The van der Waals surface area contributed by atoms with Gasteiger partial charge in [-0.05, 0) is 17.7 Å². The minimum absolute atomic E-state index is 0.0180. The Bertz CT molecular complexity index is 833. The van der Waals surface area contributed by atoms with Crippen LogP contribution < -0.4 is 0 Å². The number of fused-ring (bicyclic) bond motifs is 1. The topological polar surface area (TPSA) is 83.6 Å². The van der Waals surface area contributed by atoms with Crippen molar-refractivity contribution in [3.05, 3.63) is 60.0 Å². The summed E-state index contributed by atoms with van der Waals surface area (Å²) in [6.45, 7) is 0. The molecule has 2 atom stereocenters. The SMILES string of the molecule is O=C(O)C1=CN2C(=O)C[C@H]2SC1Sc1ccc(Cc2ncco2)cc1. The van der Waals surface area contributed by atoms with E-state index in [1.807, 2.05) is 24.3 Å². The lowest BCUT2D eigenvalue weighted by Crippen LogP contribution is -2.50. The molecular weight excluding hydrogens is 360 g/mol. The molecule has 1 fully saturated rings. The van der Waals surface area contributed by atoms with E-state index in [1.165, 1.54) is 34.6 Å². The lowest BCUT2D eigenvalue weighted by molar-refractivity contribution is -0.137. The number of hydrogen-bond donors (Lipinski definition) is 1. The molecule has 1 saturated heterocycles. The molecule has 6 nitrogen and oxygen atoms in total. The number of carboxylic acid groups (broad SMARTS) is 1. The van der Waals surface area contributed by atoms with Gasteiger partial charge in [-0.1, -0.05) is 12.1 Å². The van der Waals surface area contributed by atoms with Crippen molar-refractivity contribution in [2.24, 2.45) is 0 Å². The van der Waals surface area contributed by atoms with Crippen LogP contribution in [0.5, 0.6) is 0 Å². The van der Waals surface area contributed by atoms with Crippen LogP contribution in [0.25, 0.3) is 0 Å². The zero-order chi connectivity index (χ0) is 17.4. The molecule has 0 radical (unpaired) electrons. The summed E-state index contributed by atoms with van der Waals surface area (Å²) in [4.78, 5) is 29.7. The van der Waals surface area contributed by atoms with E-state index in [0.29, 0.717) is 18.7 Å². The molecule has 128 valence electrons. The number of carboxylic acids is 1. The standard InChI is InChI=1S/C17H14N2O4S2/c20-14-8-15-19(14)9-12(16(21)22)17(25-15)24-11-3-1-10(2-4-11)7-13-18-5-6-23-13/h1-6,9,15,17H,7-8H2,(H,21,22)/t15-,17?/m1/s1. The largest absolute Gasteiger partial charge is 0.478 e. The number of oxazole rings is 1. The highest BCUT2D eigenvalue weighted by atomic mass is 32.2. The Hall–Kier alpha value is -2.19. The summed E-state index contributed by atoms with van der Waals surface area (Å²) in [5, 5.41) is 9.49. The Morgan fingerprint density at radius 2 is 2.20 bits per heavy atom. The Morgan fingerprint density at radius 1 is 1.40 bits per heavy atom. The van der Waals surface area contributed by atoms with E-state index in [9.17, 15) is 14.7 Å². The third-order valence-corrected chi connectivity index (χ3v) is 6.86. The summed E-state index contributed by atoms with van der Waals surface area (Å²) in [5.41, 5.74) is 1.33. The molecule has 2 aliphatic heterocycles. The number of carbonyl (C=O) groups excluding carboxylic acids is 1. The summed E-state index contributed by atoms with van der Waals surface area (Å²) >= 11 is 3.01. The van der Waals surface area contributed by atoms with E-state index in [0.717, 1.165) is 10.5 Å². The van der Waals surface area contributed by atoms with Gasteiger partial charge in [0.05, 0.1) is 28.1 Å². The van der Waals surface area contributed by atoms with Crippen molar-refractivity contribution >= 4 is 35.4 Å². The summed E-state index contributed by atoms with van der Waals surface area (Å²) in [5.74, 6) is -0.340. The van der Waals surface area contributed by atoms with Gasteiger partial charge < -0.3 is 14.4 Å². The van der Waals surface area contributed by atoms with Gasteiger partial charge in [-0.2, -0.15) is 0 Å². The van der Waals surface area contributed by atoms with Crippen LogP contribution in [-0.2, 0) is 16.0 Å². The number of rotatable bonds is 5. The average Bonchev–Trinajstić information content (AvgIpc) is 3.08. The lowest BCUT2D eigenvalue weighted by atomic mass is 10.1. The highest BCUT2D eigenvalue weighted by Gasteiger charge is 2.43. The number of aliphatic carboxylic acids is 1. The molecule has 25 heavy (non-hydrogen) atoms. The predicted octanol–water partition coefficient (Wildman–Crippen LogP) is 2.96.